The average molecular weight is 210 g/mol. The summed E-state index contributed by atoms with van der Waals surface area (Å²) in [6, 6.07) is 3.82. The van der Waals surface area contributed by atoms with E-state index in [-0.39, 0.29) is 0 Å². The van der Waals surface area contributed by atoms with E-state index in [0.717, 1.165) is 18.5 Å². The zero-order chi connectivity index (χ0) is 9.80. The zero-order valence-electron chi connectivity index (χ0n) is 8.27. The highest BCUT2D eigenvalue weighted by Gasteiger charge is 2.15. The smallest absolute Gasteiger partial charge is 0.233 e. The number of rotatable bonds is 2. The molecular weight excluding hydrogens is 196 g/mol. The van der Waals surface area contributed by atoms with Gasteiger partial charge in [0.2, 0.25) is 5.88 Å². The molecule has 3 nitrogen and oxygen atoms in total. The monoisotopic (exact) mass is 210 g/mol. The van der Waals surface area contributed by atoms with Crippen LogP contribution in [0.4, 0.5) is 0 Å². The van der Waals surface area contributed by atoms with Crippen LogP contribution in [-0.4, -0.2) is 27.8 Å². The van der Waals surface area contributed by atoms with Crippen LogP contribution in [0.25, 0.3) is 0 Å². The third kappa shape index (κ3) is 2.61. The molecule has 0 bridgehead atoms. The van der Waals surface area contributed by atoms with Crippen molar-refractivity contribution < 1.29 is 4.74 Å². The second-order valence-electron chi connectivity index (χ2n) is 3.44. The maximum absolute atomic E-state index is 5.72. The predicted octanol–water partition coefficient (Wildman–Crippen LogP) is 2.06. The Morgan fingerprint density at radius 1 is 1.29 bits per heavy atom. The Morgan fingerprint density at radius 3 is 2.71 bits per heavy atom. The zero-order valence-corrected chi connectivity index (χ0v) is 9.09. The van der Waals surface area contributed by atoms with Gasteiger partial charge < -0.3 is 4.74 Å². The molecule has 1 saturated heterocycles. The molecule has 1 aliphatic rings. The molecule has 76 valence electrons. The van der Waals surface area contributed by atoms with Gasteiger partial charge in [-0.05, 0) is 37.3 Å². The van der Waals surface area contributed by atoms with Crippen LogP contribution in [-0.2, 0) is 0 Å². The minimum absolute atomic E-state index is 0.341. The highest BCUT2D eigenvalue weighted by molar-refractivity contribution is 7.99. The molecule has 1 fully saturated rings. The van der Waals surface area contributed by atoms with E-state index in [4.69, 9.17) is 4.74 Å². The quantitative estimate of drug-likeness (QED) is 0.748. The van der Waals surface area contributed by atoms with Gasteiger partial charge in [0.1, 0.15) is 6.10 Å². The SMILES string of the molecule is Cc1ccc(OC2CCSCC2)nn1. The number of aromatic nitrogens is 2. The lowest BCUT2D eigenvalue weighted by atomic mass is 10.2. The van der Waals surface area contributed by atoms with Crippen molar-refractivity contribution in [2.45, 2.75) is 25.9 Å². The molecular formula is C10H14N2OS. The van der Waals surface area contributed by atoms with E-state index < -0.39 is 0 Å². The van der Waals surface area contributed by atoms with Gasteiger partial charge in [-0.15, -0.1) is 5.10 Å². The van der Waals surface area contributed by atoms with Gasteiger partial charge in [0.05, 0.1) is 5.69 Å². The first-order chi connectivity index (χ1) is 6.84. The maximum atomic E-state index is 5.72. The standard InChI is InChI=1S/C10H14N2OS/c1-8-2-3-10(12-11-8)13-9-4-6-14-7-5-9/h2-3,9H,4-7H2,1H3. The Labute approximate surface area is 88.3 Å². The third-order valence-corrected chi connectivity index (χ3v) is 3.28. The minimum Gasteiger partial charge on any atom is -0.473 e. The normalized spacial score (nSPS) is 18.1. The van der Waals surface area contributed by atoms with Gasteiger partial charge in [-0.25, -0.2) is 0 Å². The molecule has 0 aromatic carbocycles. The van der Waals surface area contributed by atoms with Crippen molar-refractivity contribution in [2.24, 2.45) is 0 Å². The van der Waals surface area contributed by atoms with Crippen molar-refractivity contribution in [3.8, 4) is 5.88 Å². The summed E-state index contributed by atoms with van der Waals surface area (Å²) in [4.78, 5) is 0. The summed E-state index contributed by atoms with van der Waals surface area (Å²) in [6.45, 7) is 1.92. The van der Waals surface area contributed by atoms with Gasteiger partial charge >= 0.3 is 0 Å². The van der Waals surface area contributed by atoms with Crippen LogP contribution in [0.15, 0.2) is 12.1 Å². The van der Waals surface area contributed by atoms with Gasteiger partial charge in [0.15, 0.2) is 0 Å². The Balaban J connectivity index is 1.92. The lowest BCUT2D eigenvalue weighted by Crippen LogP contribution is -2.22. The van der Waals surface area contributed by atoms with E-state index in [1.54, 1.807) is 0 Å². The number of nitrogens with zero attached hydrogens (tertiary/aromatic N) is 2. The number of thioether (sulfide) groups is 1. The summed E-state index contributed by atoms with van der Waals surface area (Å²) < 4.78 is 5.72. The first-order valence-corrected chi connectivity index (χ1v) is 6.05. The summed E-state index contributed by atoms with van der Waals surface area (Å²) in [6.07, 6.45) is 2.59. The van der Waals surface area contributed by atoms with Crippen molar-refractivity contribution in [1.29, 1.82) is 0 Å². The molecule has 0 amide bonds. The van der Waals surface area contributed by atoms with E-state index in [2.05, 4.69) is 10.2 Å². The molecule has 0 saturated carbocycles. The molecule has 14 heavy (non-hydrogen) atoms. The van der Waals surface area contributed by atoms with Gasteiger partial charge in [0, 0.05) is 6.07 Å². The van der Waals surface area contributed by atoms with Gasteiger partial charge in [-0.2, -0.15) is 16.9 Å². The number of hydrogen-bond donors (Lipinski definition) is 0. The van der Waals surface area contributed by atoms with Crippen LogP contribution in [0, 0.1) is 6.92 Å². The molecule has 1 aromatic heterocycles. The van der Waals surface area contributed by atoms with Crippen LogP contribution in [0.1, 0.15) is 18.5 Å². The Hall–Kier alpha value is -0.770. The summed E-state index contributed by atoms with van der Waals surface area (Å²) in [5.74, 6) is 3.06. The van der Waals surface area contributed by atoms with Crippen molar-refractivity contribution in [2.75, 3.05) is 11.5 Å². The fourth-order valence-corrected chi connectivity index (χ4v) is 2.48. The van der Waals surface area contributed by atoms with Crippen LogP contribution in [0.3, 0.4) is 0 Å². The molecule has 0 spiro atoms. The van der Waals surface area contributed by atoms with Crippen LogP contribution >= 0.6 is 11.8 Å². The lowest BCUT2D eigenvalue weighted by Gasteiger charge is -2.21. The van der Waals surface area contributed by atoms with E-state index in [1.165, 1.54) is 11.5 Å². The Kier molecular flexibility index (Phi) is 3.24. The van der Waals surface area contributed by atoms with Gasteiger partial charge in [0.25, 0.3) is 0 Å². The van der Waals surface area contributed by atoms with Gasteiger partial charge in [-0.1, -0.05) is 0 Å². The van der Waals surface area contributed by atoms with Crippen molar-refractivity contribution >= 4 is 11.8 Å². The minimum atomic E-state index is 0.341. The van der Waals surface area contributed by atoms with Crippen LogP contribution < -0.4 is 4.74 Å². The van der Waals surface area contributed by atoms with Crippen molar-refractivity contribution in [1.82, 2.24) is 10.2 Å². The second-order valence-corrected chi connectivity index (χ2v) is 4.67. The summed E-state index contributed by atoms with van der Waals surface area (Å²) in [5, 5.41) is 7.96. The third-order valence-electron chi connectivity index (χ3n) is 2.23. The summed E-state index contributed by atoms with van der Waals surface area (Å²) in [5.41, 5.74) is 0.927. The highest BCUT2D eigenvalue weighted by atomic mass is 32.2. The molecule has 0 atom stereocenters. The number of hydrogen-bond acceptors (Lipinski definition) is 4. The van der Waals surface area contributed by atoms with E-state index in [9.17, 15) is 0 Å². The number of aryl methyl sites for hydroxylation is 1. The van der Waals surface area contributed by atoms with E-state index in [0.29, 0.717) is 12.0 Å². The molecule has 4 heteroatoms. The lowest BCUT2D eigenvalue weighted by molar-refractivity contribution is 0.182. The van der Waals surface area contributed by atoms with Crippen molar-refractivity contribution in [3.05, 3.63) is 17.8 Å². The molecule has 2 rings (SSSR count). The van der Waals surface area contributed by atoms with Crippen LogP contribution in [0.5, 0.6) is 5.88 Å². The number of ether oxygens (including phenoxy) is 1. The first kappa shape index (κ1) is 9.77. The van der Waals surface area contributed by atoms with Crippen LogP contribution in [0.2, 0.25) is 0 Å². The molecule has 1 aliphatic heterocycles. The molecule has 0 unspecified atom stereocenters. The largest absolute Gasteiger partial charge is 0.473 e. The van der Waals surface area contributed by atoms with Crippen molar-refractivity contribution in [3.63, 3.8) is 0 Å². The molecule has 0 aliphatic carbocycles. The fourth-order valence-electron chi connectivity index (χ4n) is 1.41. The fraction of sp³-hybridized carbons (Fsp3) is 0.600. The first-order valence-electron chi connectivity index (χ1n) is 4.89. The van der Waals surface area contributed by atoms with E-state index in [1.807, 2.05) is 30.8 Å². The Bertz CT molecular complexity index is 283. The van der Waals surface area contributed by atoms with E-state index >= 15 is 0 Å². The highest BCUT2D eigenvalue weighted by Crippen LogP contribution is 2.20. The van der Waals surface area contributed by atoms with Gasteiger partial charge in [-0.3, -0.25) is 0 Å². The predicted molar refractivity (Wildman–Crippen MR) is 57.7 cm³/mol. The summed E-state index contributed by atoms with van der Waals surface area (Å²) >= 11 is 2.00. The average Bonchev–Trinajstić information content (AvgIpc) is 2.23. The molecule has 0 N–H and O–H groups in total. The molecule has 2 heterocycles. The molecule has 1 aromatic rings. The topological polar surface area (TPSA) is 35.0 Å². The summed E-state index contributed by atoms with van der Waals surface area (Å²) in [7, 11) is 0. The molecule has 0 radical (unpaired) electrons. The second kappa shape index (κ2) is 4.64. The Morgan fingerprint density at radius 2 is 2.07 bits per heavy atom. The maximum Gasteiger partial charge on any atom is 0.233 e.